The molecule has 1 N–H and O–H groups in total. The molecule has 2 atom stereocenters. The zero-order valence-corrected chi connectivity index (χ0v) is 14.6. The van der Waals surface area contributed by atoms with E-state index < -0.39 is 5.79 Å². The molecule has 4 rings (SSSR count). The Kier molecular flexibility index (Phi) is 4.41. The number of halogens is 1. The van der Waals surface area contributed by atoms with E-state index in [1.165, 1.54) is 6.07 Å². The Balaban J connectivity index is 1.44. The van der Waals surface area contributed by atoms with E-state index in [2.05, 4.69) is 12.2 Å². The Hall–Kier alpha value is -1.66. The van der Waals surface area contributed by atoms with Crippen LogP contribution in [0.4, 0.5) is 9.18 Å². The molecule has 1 aliphatic carbocycles. The number of carbonyl (C=O) groups excluding carboxylic acids is 1. The molecule has 2 saturated heterocycles. The van der Waals surface area contributed by atoms with Gasteiger partial charge in [0.15, 0.2) is 5.79 Å². The first-order chi connectivity index (χ1) is 12.1. The first-order valence-electron chi connectivity index (χ1n) is 9.19. The summed E-state index contributed by atoms with van der Waals surface area (Å²) in [5, 5.41) is 3.14. The average Bonchev–Trinajstić information content (AvgIpc) is 3.06. The molecule has 1 aromatic rings. The van der Waals surface area contributed by atoms with E-state index in [1.807, 2.05) is 11.0 Å². The minimum atomic E-state index is -0.482. The molecule has 1 aromatic carbocycles. The number of nitrogens with one attached hydrogen (secondary N) is 1. The molecule has 3 aliphatic rings. The molecule has 0 unspecified atom stereocenters. The van der Waals surface area contributed by atoms with Crippen molar-refractivity contribution < 1.29 is 18.7 Å². The first-order valence-corrected chi connectivity index (χ1v) is 9.19. The van der Waals surface area contributed by atoms with Crippen molar-refractivity contribution in [2.24, 2.45) is 5.92 Å². The van der Waals surface area contributed by atoms with Crippen LogP contribution in [-0.2, 0) is 15.9 Å². The average molecular weight is 348 g/mol. The van der Waals surface area contributed by atoms with Gasteiger partial charge in [0.25, 0.3) is 0 Å². The van der Waals surface area contributed by atoms with Gasteiger partial charge in [0, 0.05) is 25.9 Å². The van der Waals surface area contributed by atoms with Gasteiger partial charge in [0.2, 0.25) is 0 Å². The molecule has 25 heavy (non-hydrogen) atoms. The Morgan fingerprint density at radius 2 is 2.00 bits per heavy atom. The van der Waals surface area contributed by atoms with Crippen LogP contribution >= 0.6 is 0 Å². The lowest BCUT2D eigenvalue weighted by Gasteiger charge is -2.39. The van der Waals surface area contributed by atoms with Crippen molar-refractivity contribution in [2.45, 2.75) is 44.4 Å². The third-order valence-corrected chi connectivity index (χ3v) is 5.81. The second-order valence-corrected chi connectivity index (χ2v) is 7.35. The van der Waals surface area contributed by atoms with Gasteiger partial charge < -0.3 is 19.7 Å². The summed E-state index contributed by atoms with van der Waals surface area (Å²) in [6, 6.07) is 4.94. The molecule has 5 nitrogen and oxygen atoms in total. The predicted octanol–water partition coefficient (Wildman–Crippen LogP) is 3.00. The van der Waals surface area contributed by atoms with Crippen molar-refractivity contribution in [3.8, 4) is 0 Å². The molecule has 2 fully saturated rings. The van der Waals surface area contributed by atoms with Crippen LogP contribution in [0.25, 0.3) is 0 Å². The van der Waals surface area contributed by atoms with Crippen molar-refractivity contribution >= 4 is 6.03 Å². The molecule has 2 aliphatic heterocycles. The Labute approximate surface area is 147 Å². The van der Waals surface area contributed by atoms with Gasteiger partial charge in [-0.05, 0) is 36.0 Å². The normalized spacial score (nSPS) is 28.0. The SMILES string of the molecule is C[C@H]1CCc2c(F)cccc2[C@@H]1NC(=O)N1CCC2(CC1)OCCO2. The first kappa shape index (κ1) is 16.8. The van der Waals surface area contributed by atoms with E-state index in [0.29, 0.717) is 39.1 Å². The molecule has 6 heteroatoms. The number of likely N-dealkylation sites (tertiary alicyclic amines) is 1. The van der Waals surface area contributed by atoms with Crippen LogP contribution in [0.1, 0.15) is 43.4 Å². The van der Waals surface area contributed by atoms with E-state index in [0.717, 1.165) is 24.0 Å². The second-order valence-electron chi connectivity index (χ2n) is 7.35. The maximum absolute atomic E-state index is 14.1. The number of ether oxygens (including phenoxy) is 2. The maximum Gasteiger partial charge on any atom is 0.317 e. The molecule has 1 spiro atoms. The van der Waals surface area contributed by atoms with Gasteiger partial charge in [-0.1, -0.05) is 19.1 Å². The van der Waals surface area contributed by atoms with Gasteiger partial charge in [-0.15, -0.1) is 0 Å². The fourth-order valence-electron chi connectivity index (χ4n) is 4.26. The number of urea groups is 1. The summed E-state index contributed by atoms with van der Waals surface area (Å²) in [6.07, 6.45) is 3.01. The standard InChI is InChI=1S/C19H25FN2O3/c1-13-5-6-14-15(3-2-4-16(14)20)17(13)21-18(23)22-9-7-19(8-10-22)24-11-12-25-19/h2-4,13,17H,5-12H2,1H3,(H,21,23)/t13-,17+/m0/s1. The largest absolute Gasteiger partial charge is 0.347 e. The van der Waals surface area contributed by atoms with Crippen molar-refractivity contribution in [2.75, 3.05) is 26.3 Å². The van der Waals surface area contributed by atoms with Gasteiger partial charge in [-0.25, -0.2) is 9.18 Å². The lowest BCUT2D eigenvalue weighted by molar-refractivity contribution is -0.181. The molecular weight excluding hydrogens is 323 g/mol. The van der Waals surface area contributed by atoms with Gasteiger partial charge in [-0.2, -0.15) is 0 Å². The number of hydrogen-bond acceptors (Lipinski definition) is 3. The van der Waals surface area contributed by atoms with Gasteiger partial charge in [0.1, 0.15) is 5.82 Å². The van der Waals surface area contributed by atoms with Crippen LogP contribution in [0.5, 0.6) is 0 Å². The quantitative estimate of drug-likeness (QED) is 0.849. The molecule has 2 heterocycles. The smallest absolute Gasteiger partial charge is 0.317 e. The second kappa shape index (κ2) is 6.57. The predicted molar refractivity (Wildman–Crippen MR) is 90.6 cm³/mol. The van der Waals surface area contributed by atoms with Crippen LogP contribution in [0.2, 0.25) is 0 Å². The van der Waals surface area contributed by atoms with Crippen molar-refractivity contribution in [3.05, 3.63) is 35.1 Å². The minimum Gasteiger partial charge on any atom is -0.347 e. The number of piperidine rings is 1. The number of carbonyl (C=O) groups is 1. The Morgan fingerprint density at radius 3 is 2.72 bits per heavy atom. The highest BCUT2D eigenvalue weighted by atomic mass is 19.1. The van der Waals surface area contributed by atoms with E-state index >= 15 is 0 Å². The molecular formula is C19H25FN2O3. The van der Waals surface area contributed by atoms with Gasteiger partial charge >= 0.3 is 6.03 Å². The summed E-state index contributed by atoms with van der Waals surface area (Å²) >= 11 is 0. The molecule has 0 bridgehead atoms. The summed E-state index contributed by atoms with van der Waals surface area (Å²) in [5.41, 5.74) is 1.67. The van der Waals surface area contributed by atoms with Gasteiger partial charge in [0.05, 0.1) is 19.3 Å². The van der Waals surface area contributed by atoms with E-state index in [-0.39, 0.29) is 23.8 Å². The monoisotopic (exact) mass is 348 g/mol. The zero-order valence-electron chi connectivity index (χ0n) is 14.6. The Morgan fingerprint density at radius 1 is 1.28 bits per heavy atom. The molecule has 2 amide bonds. The summed E-state index contributed by atoms with van der Waals surface area (Å²) in [5.74, 6) is -0.361. The summed E-state index contributed by atoms with van der Waals surface area (Å²) < 4.78 is 25.5. The summed E-state index contributed by atoms with van der Waals surface area (Å²) in [7, 11) is 0. The van der Waals surface area contributed by atoms with Crippen LogP contribution in [0.3, 0.4) is 0 Å². The number of nitrogens with zero attached hydrogens (tertiary/aromatic N) is 1. The molecule has 0 aromatic heterocycles. The number of hydrogen-bond donors (Lipinski definition) is 1. The molecule has 0 radical (unpaired) electrons. The summed E-state index contributed by atoms with van der Waals surface area (Å²) in [4.78, 5) is 14.6. The number of benzene rings is 1. The molecule has 136 valence electrons. The van der Waals surface area contributed by atoms with Gasteiger partial charge in [-0.3, -0.25) is 0 Å². The van der Waals surface area contributed by atoms with Crippen LogP contribution < -0.4 is 5.32 Å². The lowest BCUT2D eigenvalue weighted by atomic mass is 9.80. The van der Waals surface area contributed by atoms with Crippen molar-refractivity contribution in [1.82, 2.24) is 10.2 Å². The minimum absolute atomic E-state index is 0.0817. The number of amides is 2. The fourth-order valence-corrected chi connectivity index (χ4v) is 4.26. The van der Waals surface area contributed by atoms with Crippen LogP contribution in [-0.4, -0.2) is 43.0 Å². The highest BCUT2D eigenvalue weighted by Crippen LogP contribution is 2.36. The van der Waals surface area contributed by atoms with Crippen molar-refractivity contribution in [1.29, 1.82) is 0 Å². The van der Waals surface area contributed by atoms with Crippen LogP contribution in [0, 0.1) is 11.7 Å². The fraction of sp³-hybridized carbons (Fsp3) is 0.632. The third-order valence-electron chi connectivity index (χ3n) is 5.81. The number of rotatable bonds is 1. The van der Waals surface area contributed by atoms with Crippen LogP contribution in [0.15, 0.2) is 18.2 Å². The highest BCUT2D eigenvalue weighted by molar-refractivity contribution is 5.75. The lowest BCUT2D eigenvalue weighted by Crippen LogP contribution is -2.51. The third kappa shape index (κ3) is 3.13. The maximum atomic E-state index is 14.1. The summed E-state index contributed by atoms with van der Waals surface area (Å²) in [6.45, 7) is 4.61. The highest BCUT2D eigenvalue weighted by Gasteiger charge is 2.41. The van der Waals surface area contributed by atoms with Crippen molar-refractivity contribution in [3.63, 3.8) is 0 Å². The zero-order chi connectivity index (χ0) is 17.4. The van der Waals surface area contributed by atoms with E-state index in [4.69, 9.17) is 9.47 Å². The number of fused-ring (bicyclic) bond motifs is 1. The van der Waals surface area contributed by atoms with E-state index in [9.17, 15) is 9.18 Å². The molecule has 0 saturated carbocycles. The van der Waals surface area contributed by atoms with E-state index in [1.54, 1.807) is 6.07 Å². The topological polar surface area (TPSA) is 50.8 Å². The Bertz CT molecular complexity index is 650.